The van der Waals surface area contributed by atoms with Crippen molar-refractivity contribution in [2.75, 3.05) is 13.7 Å². The molecule has 0 radical (unpaired) electrons. The van der Waals surface area contributed by atoms with Crippen LogP contribution in [0, 0.1) is 6.92 Å². The maximum absolute atomic E-state index is 13.5. The molecule has 1 aliphatic heterocycles. The first-order valence-electron chi connectivity index (χ1n) is 9.85. The van der Waals surface area contributed by atoms with Crippen LogP contribution in [0.2, 0.25) is 0 Å². The number of furan rings is 1. The summed E-state index contributed by atoms with van der Waals surface area (Å²) < 4.78 is 11.8. The molecule has 158 valence electrons. The van der Waals surface area contributed by atoms with Gasteiger partial charge in [-0.2, -0.15) is 0 Å². The van der Waals surface area contributed by atoms with Crippen molar-refractivity contribution in [2.24, 2.45) is 7.05 Å². The number of hydrogen-bond acceptors (Lipinski definition) is 6. The van der Waals surface area contributed by atoms with E-state index in [2.05, 4.69) is 9.97 Å². The number of benzene rings is 1. The van der Waals surface area contributed by atoms with Crippen LogP contribution in [-0.4, -0.2) is 45.0 Å². The highest BCUT2D eigenvalue weighted by molar-refractivity contribution is 6.06. The topological polar surface area (TPSA) is 110 Å². The number of aromatic amines is 1. The predicted molar refractivity (Wildman–Crippen MR) is 112 cm³/mol. The average molecular weight is 420 g/mol. The van der Waals surface area contributed by atoms with Crippen LogP contribution in [0.3, 0.4) is 0 Å². The summed E-state index contributed by atoms with van der Waals surface area (Å²) >= 11 is 0. The molecule has 0 bridgehead atoms. The maximum atomic E-state index is 13.5. The van der Waals surface area contributed by atoms with Gasteiger partial charge in [0.15, 0.2) is 0 Å². The molecule has 31 heavy (non-hydrogen) atoms. The fourth-order valence-electron chi connectivity index (χ4n) is 4.24. The Bertz CT molecular complexity index is 1440. The highest BCUT2D eigenvalue weighted by atomic mass is 16.5. The number of carbonyl (C=O) groups excluding carboxylic acids is 2. The number of H-pyrrole nitrogens is 1. The van der Waals surface area contributed by atoms with E-state index in [-0.39, 0.29) is 28.1 Å². The second-order valence-corrected chi connectivity index (χ2v) is 7.68. The van der Waals surface area contributed by atoms with E-state index in [1.807, 2.05) is 6.07 Å². The van der Waals surface area contributed by atoms with Gasteiger partial charge < -0.3 is 23.6 Å². The van der Waals surface area contributed by atoms with Gasteiger partial charge in [0.2, 0.25) is 5.71 Å². The molecule has 0 atom stereocenters. The second kappa shape index (κ2) is 6.83. The van der Waals surface area contributed by atoms with Crippen molar-refractivity contribution < 1.29 is 18.7 Å². The first kappa shape index (κ1) is 19.1. The molecule has 5 rings (SSSR count). The smallest absolute Gasteiger partial charge is 0.337 e. The summed E-state index contributed by atoms with van der Waals surface area (Å²) in [6, 6.07) is 5.33. The van der Waals surface area contributed by atoms with Crippen LogP contribution in [0.25, 0.3) is 22.0 Å². The number of carbonyl (C=O) groups is 2. The normalized spacial score (nSPS) is 13.6. The average Bonchev–Trinajstić information content (AvgIpc) is 3.31. The van der Waals surface area contributed by atoms with E-state index in [0.29, 0.717) is 30.8 Å². The molecule has 1 aliphatic rings. The van der Waals surface area contributed by atoms with E-state index >= 15 is 0 Å². The second-order valence-electron chi connectivity index (χ2n) is 7.68. The zero-order valence-corrected chi connectivity index (χ0v) is 17.3. The zero-order valence-electron chi connectivity index (χ0n) is 17.3. The van der Waals surface area contributed by atoms with Gasteiger partial charge in [-0.15, -0.1) is 0 Å². The largest absolute Gasteiger partial charge is 0.465 e. The minimum absolute atomic E-state index is 0.163. The van der Waals surface area contributed by atoms with Crippen molar-refractivity contribution in [3.63, 3.8) is 0 Å². The summed E-state index contributed by atoms with van der Waals surface area (Å²) in [4.78, 5) is 47.3. The summed E-state index contributed by atoms with van der Waals surface area (Å²) in [5, 5.41) is 1.08. The molecule has 0 saturated heterocycles. The number of ether oxygens (including phenoxy) is 1. The van der Waals surface area contributed by atoms with Gasteiger partial charge in [-0.05, 0) is 25.1 Å². The summed E-state index contributed by atoms with van der Waals surface area (Å²) in [5.74, 6) is -0.316. The number of methoxy groups -OCH3 is 1. The number of nitrogens with zero attached hydrogens (tertiary/aromatic N) is 3. The van der Waals surface area contributed by atoms with E-state index in [1.54, 1.807) is 31.0 Å². The molecule has 4 heterocycles. The van der Waals surface area contributed by atoms with Crippen LogP contribution in [-0.2, 0) is 24.8 Å². The van der Waals surface area contributed by atoms with E-state index in [0.717, 1.165) is 22.2 Å². The Balaban J connectivity index is 1.57. The lowest BCUT2D eigenvalue weighted by molar-refractivity contribution is 0.0600. The Morgan fingerprint density at radius 3 is 2.87 bits per heavy atom. The van der Waals surface area contributed by atoms with Gasteiger partial charge in [0.05, 0.1) is 18.2 Å². The molecule has 0 aliphatic carbocycles. The number of esters is 1. The quantitative estimate of drug-likeness (QED) is 0.498. The highest BCUT2D eigenvalue weighted by Gasteiger charge is 2.30. The van der Waals surface area contributed by atoms with E-state index in [4.69, 9.17) is 9.15 Å². The number of rotatable bonds is 2. The third-order valence-electron chi connectivity index (χ3n) is 5.85. The van der Waals surface area contributed by atoms with Gasteiger partial charge in [-0.1, -0.05) is 0 Å². The third kappa shape index (κ3) is 2.84. The molecule has 9 heteroatoms. The SMILES string of the molecule is COC(=O)c1ccc2[nH]c3c(c2c1)CN(C(=O)c1c(C)oc2ncn(C)c(=O)c12)CC3. The van der Waals surface area contributed by atoms with Crippen LogP contribution < -0.4 is 5.56 Å². The summed E-state index contributed by atoms with van der Waals surface area (Å²) in [6.07, 6.45) is 2.01. The predicted octanol–water partition coefficient (Wildman–Crippen LogP) is 2.30. The van der Waals surface area contributed by atoms with Crippen molar-refractivity contribution >= 4 is 33.9 Å². The molecule has 1 amide bonds. The Morgan fingerprint density at radius 2 is 2.10 bits per heavy atom. The van der Waals surface area contributed by atoms with Crippen LogP contribution in [0.1, 0.15) is 37.7 Å². The molecular formula is C22H20N4O5. The van der Waals surface area contributed by atoms with Gasteiger partial charge in [-0.3, -0.25) is 9.59 Å². The van der Waals surface area contributed by atoms with Gasteiger partial charge in [0.1, 0.15) is 17.5 Å². The fraction of sp³-hybridized carbons (Fsp3) is 0.273. The molecule has 0 unspecified atom stereocenters. The van der Waals surface area contributed by atoms with E-state index in [9.17, 15) is 14.4 Å². The van der Waals surface area contributed by atoms with Gasteiger partial charge in [-0.25, -0.2) is 9.78 Å². The van der Waals surface area contributed by atoms with E-state index in [1.165, 1.54) is 18.0 Å². The number of aryl methyl sites for hydroxylation is 2. The zero-order chi connectivity index (χ0) is 21.9. The minimum atomic E-state index is -0.413. The summed E-state index contributed by atoms with van der Waals surface area (Å²) in [7, 11) is 2.93. The van der Waals surface area contributed by atoms with Gasteiger partial charge >= 0.3 is 5.97 Å². The molecule has 0 spiro atoms. The number of amides is 1. The lowest BCUT2D eigenvalue weighted by Gasteiger charge is -2.27. The minimum Gasteiger partial charge on any atom is -0.465 e. The van der Waals surface area contributed by atoms with Crippen molar-refractivity contribution in [1.29, 1.82) is 0 Å². The summed E-state index contributed by atoms with van der Waals surface area (Å²) in [5.41, 5.74) is 3.43. The van der Waals surface area contributed by atoms with E-state index < -0.39 is 5.97 Å². The number of aromatic nitrogens is 3. The molecule has 4 aromatic rings. The molecule has 1 aromatic carbocycles. The number of nitrogens with one attached hydrogen (secondary N) is 1. The number of hydrogen-bond donors (Lipinski definition) is 1. The van der Waals surface area contributed by atoms with Gasteiger partial charge in [0.25, 0.3) is 11.5 Å². The molecule has 0 saturated carbocycles. The van der Waals surface area contributed by atoms with Crippen LogP contribution >= 0.6 is 0 Å². The maximum Gasteiger partial charge on any atom is 0.337 e. The molecule has 3 aromatic heterocycles. The Kier molecular flexibility index (Phi) is 4.21. The molecule has 0 fully saturated rings. The van der Waals surface area contributed by atoms with Crippen molar-refractivity contribution in [3.8, 4) is 0 Å². The Hall–Kier alpha value is -3.88. The standard InChI is InChI=1S/C22H20N4O5/c1-11-17(18-19(31-11)23-10-25(2)20(18)27)21(28)26-7-6-16-14(9-26)13-8-12(22(29)30-3)4-5-15(13)24-16/h4-5,8,10,24H,6-7,9H2,1-3H3. The first-order valence-corrected chi connectivity index (χ1v) is 9.85. The molecule has 9 nitrogen and oxygen atoms in total. The van der Waals surface area contributed by atoms with Gasteiger partial charge in [0, 0.05) is 48.7 Å². The van der Waals surface area contributed by atoms with Crippen molar-refractivity contribution in [1.82, 2.24) is 19.4 Å². The first-order chi connectivity index (χ1) is 14.9. The Morgan fingerprint density at radius 1 is 1.29 bits per heavy atom. The van der Waals surface area contributed by atoms with Crippen molar-refractivity contribution in [3.05, 3.63) is 63.0 Å². The molecule has 1 N–H and O–H groups in total. The highest BCUT2D eigenvalue weighted by Crippen LogP contribution is 2.31. The van der Waals surface area contributed by atoms with Crippen LogP contribution in [0.5, 0.6) is 0 Å². The lowest BCUT2D eigenvalue weighted by Crippen LogP contribution is -2.36. The van der Waals surface area contributed by atoms with Crippen LogP contribution in [0.15, 0.2) is 33.7 Å². The lowest BCUT2D eigenvalue weighted by atomic mass is 10.0. The van der Waals surface area contributed by atoms with Crippen LogP contribution in [0.4, 0.5) is 0 Å². The van der Waals surface area contributed by atoms with Crippen molar-refractivity contribution in [2.45, 2.75) is 19.9 Å². The number of fused-ring (bicyclic) bond motifs is 4. The third-order valence-corrected chi connectivity index (χ3v) is 5.85. The summed E-state index contributed by atoms with van der Waals surface area (Å²) in [6.45, 7) is 2.51. The Labute approximate surface area is 176 Å². The fourth-order valence-corrected chi connectivity index (χ4v) is 4.24. The molecular weight excluding hydrogens is 400 g/mol. The monoisotopic (exact) mass is 420 g/mol.